The molecule has 0 fully saturated rings. The monoisotopic (exact) mass is 311 g/mol. The summed E-state index contributed by atoms with van der Waals surface area (Å²) in [5.74, 6) is -0.510. The van der Waals surface area contributed by atoms with Crippen LogP contribution in [0.4, 0.5) is 11.4 Å². The number of rotatable bonds is 6. The Morgan fingerprint density at radius 2 is 1.39 bits per heavy atom. The van der Waals surface area contributed by atoms with Crippen LogP contribution in [0.5, 0.6) is 0 Å². The summed E-state index contributed by atoms with van der Waals surface area (Å²) in [7, 11) is 0. The Kier molecular flexibility index (Phi) is 5.36. The summed E-state index contributed by atoms with van der Waals surface area (Å²) >= 11 is 0. The van der Waals surface area contributed by atoms with Crippen molar-refractivity contribution in [3.63, 3.8) is 0 Å². The van der Waals surface area contributed by atoms with Gasteiger partial charge in [0.25, 0.3) is 0 Å². The number of carbonyl (C=O) groups is 2. The Labute approximate surface area is 136 Å². The highest BCUT2D eigenvalue weighted by atomic mass is 16.2. The molecule has 0 saturated heterocycles. The zero-order chi connectivity index (χ0) is 16.7. The molecule has 2 aromatic carbocycles. The van der Waals surface area contributed by atoms with Gasteiger partial charge in [0.05, 0.1) is 6.54 Å². The van der Waals surface area contributed by atoms with Crippen LogP contribution >= 0.6 is 0 Å². The Balaban J connectivity index is 1.84. The molecule has 0 radical (unpaired) electrons. The molecule has 23 heavy (non-hydrogen) atoms. The average molecular weight is 311 g/mol. The van der Waals surface area contributed by atoms with Gasteiger partial charge in [-0.25, -0.2) is 0 Å². The normalized spacial score (nSPS) is 10.7. The molecule has 5 heteroatoms. The summed E-state index contributed by atoms with van der Waals surface area (Å²) in [5, 5.41) is 8.52. The highest BCUT2D eigenvalue weighted by Gasteiger charge is 2.27. The fourth-order valence-electron chi connectivity index (χ4n) is 2.05. The lowest BCUT2D eigenvalue weighted by atomic mass is 10.0. The van der Waals surface area contributed by atoms with Crippen molar-refractivity contribution in [2.45, 2.75) is 19.4 Å². The van der Waals surface area contributed by atoms with E-state index in [0.29, 0.717) is 5.69 Å². The van der Waals surface area contributed by atoms with Crippen molar-refractivity contribution in [3.8, 4) is 0 Å². The SMILES string of the molecule is CC(C)(Nc1ccccc1)C(=O)NCC(=O)Nc1ccccc1. The van der Waals surface area contributed by atoms with Gasteiger partial charge >= 0.3 is 0 Å². The smallest absolute Gasteiger partial charge is 0.245 e. The number of hydrogen-bond donors (Lipinski definition) is 3. The molecule has 3 N–H and O–H groups in total. The molecule has 0 saturated carbocycles. The molecule has 0 aliphatic rings. The fourth-order valence-corrected chi connectivity index (χ4v) is 2.05. The molecule has 2 aromatic rings. The lowest BCUT2D eigenvalue weighted by Gasteiger charge is -2.26. The molecule has 0 atom stereocenters. The molecular weight excluding hydrogens is 290 g/mol. The van der Waals surface area contributed by atoms with Crippen LogP contribution in [0.1, 0.15) is 13.8 Å². The first-order chi connectivity index (χ1) is 11.0. The predicted molar refractivity (Wildman–Crippen MR) is 92.2 cm³/mol. The highest BCUT2D eigenvalue weighted by Crippen LogP contribution is 2.14. The van der Waals surface area contributed by atoms with Crippen molar-refractivity contribution in [1.29, 1.82) is 0 Å². The summed E-state index contributed by atoms with van der Waals surface area (Å²) in [4.78, 5) is 24.1. The Bertz CT molecular complexity index is 654. The number of amides is 2. The van der Waals surface area contributed by atoms with Gasteiger partial charge in [-0.2, -0.15) is 0 Å². The van der Waals surface area contributed by atoms with E-state index in [4.69, 9.17) is 0 Å². The molecule has 0 aliphatic heterocycles. The van der Waals surface area contributed by atoms with E-state index in [9.17, 15) is 9.59 Å². The molecule has 120 valence electrons. The van der Waals surface area contributed by atoms with Crippen LogP contribution in [0.15, 0.2) is 60.7 Å². The van der Waals surface area contributed by atoms with E-state index in [2.05, 4.69) is 16.0 Å². The Morgan fingerprint density at radius 3 is 1.96 bits per heavy atom. The number of carbonyl (C=O) groups excluding carboxylic acids is 2. The fraction of sp³-hybridized carbons (Fsp3) is 0.222. The first-order valence-corrected chi connectivity index (χ1v) is 7.44. The van der Waals surface area contributed by atoms with Crippen molar-refractivity contribution < 1.29 is 9.59 Å². The second-order valence-corrected chi connectivity index (χ2v) is 5.71. The zero-order valence-corrected chi connectivity index (χ0v) is 13.3. The topological polar surface area (TPSA) is 70.2 Å². The molecule has 0 unspecified atom stereocenters. The maximum Gasteiger partial charge on any atom is 0.245 e. The molecule has 0 spiro atoms. The van der Waals surface area contributed by atoms with Crippen LogP contribution in [-0.2, 0) is 9.59 Å². The first-order valence-electron chi connectivity index (χ1n) is 7.44. The van der Waals surface area contributed by atoms with E-state index in [1.54, 1.807) is 26.0 Å². The van der Waals surface area contributed by atoms with Crippen molar-refractivity contribution in [1.82, 2.24) is 5.32 Å². The lowest BCUT2D eigenvalue weighted by Crippen LogP contribution is -2.49. The standard InChI is InChI=1S/C18H21N3O2/c1-18(2,21-15-11-7-4-8-12-15)17(23)19-13-16(22)20-14-9-5-3-6-10-14/h3-12,21H,13H2,1-2H3,(H,19,23)(H,20,22). The van der Waals surface area contributed by atoms with E-state index >= 15 is 0 Å². The van der Waals surface area contributed by atoms with Crippen LogP contribution in [0.2, 0.25) is 0 Å². The summed E-state index contributed by atoms with van der Waals surface area (Å²) < 4.78 is 0. The van der Waals surface area contributed by atoms with Crippen LogP contribution in [0.25, 0.3) is 0 Å². The van der Waals surface area contributed by atoms with Crippen molar-refractivity contribution in [2.24, 2.45) is 0 Å². The third-order valence-electron chi connectivity index (χ3n) is 3.27. The Hall–Kier alpha value is -2.82. The highest BCUT2D eigenvalue weighted by molar-refractivity contribution is 5.96. The third kappa shape index (κ3) is 5.14. The molecule has 0 bridgehead atoms. The number of hydrogen-bond acceptors (Lipinski definition) is 3. The number of anilines is 2. The van der Waals surface area contributed by atoms with Gasteiger partial charge < -0.3 is 16.0 Å². The number of para-hydroxylation sites is 2. The molecule has 2 amide bonds. The van der Waals surface area contributed by atoms with Crippen molar-refractivity contribution in [2.75, 3.05) is 17.2 Å². The minimum Gasteiger partial charge on any atom is -0.372 e. The summed E-state index contributed by atoms with van der Waals surface area (Å²) in [6.45, 7) is 3.46. The van der Waals surface area contributed by atoms with Crippen molar-refractivity contribution in [3.05, 3.63) is 60.7 Å². The second-order valence-electron chi connectivity index (χ2n) is 5.71. The second kappa shape index (κ2) is 7.45. The van der Waals surface area contributed by atoms with Gasteiger partial charge in [-0.15, -0.1) is 0 Å². The van der Waals surface area contributed by atoms with Gasteiger partial charge in [0.2, 0.25) is 11.8 Å². The van der Waals surface area contributed by atoms with Crippen LogP contribution in [0, 0.1) is 0 Å². The minimum absolute atomic E-state index is 0.0758. The quantitative estimate of drug-likeness (QED) is 0.768. The van der Waals surface area contributed by atoms with E-state index in [1.807, 2.05) is 48.5 Å². The maximum absolute atomic E-state index is 12.3. The summed E-state index contributed by atoms with van der Waals surface area (Å²) in [6.07, 6.45) is 0. The van der Waals surface area contributed by atoms with E-state index in [-0.39, 0.29) is 18.4 Å². The van der Waals surface area contributed by atoms with Gasteiger partial charge in [0.1, 0.15) is 5.54 Å². The van der Waals surface area contributed by atoms with Gasteiger partial charge in [-0.05, 0) is 38.1 Å². The molecule has 0 aromatic heterocycles. The third-order valence-corrected chi connectivity index (χ3v) is 3.27. The lowest BCUT2D eigenvalue weighted by molar-refractivity contribution is -0.126. The Morgan fingerprint density at radius 1 is 0.870 bits per heavy atom. The average Bonchev–Trinajstić information content (AvgIpc) is 2.54. The first kappa shape index (κ1) is 16.5. The molecule has 0 aliphatic carbocycles. The predicted octanol–water partition coefficient (Wildman–Crippen LogP) is 2.63. The van der Waals surface area contributed by atoms with Gasteiger partial charge in [-0.3, -0.25) is 9.59 Å². The maximum atomic E-state index is 12.3. The van der Waals surface area contributed by atoms with Gasteiger partial charge in [-0.1, -0.05) is 36.4 Å². The van der Waals surface area contributed by atoms with E-state index in [1.165, 1.54) is 0 Å². The number of benzene rings is 2. The largest absolute Gasteiger partial charge is 0.372 e. The molecule has 2 rings (SSSR count). The molecular formula is C18H21N3O2. The summed E-state index contributed by atoms with van der Waals surface area (Å²) in [6, 6.07) is 18.6. The van der Waals surface area contributed by atoms with Gasteiger partial charge in [0.15, 0.2) is 0 Å². The molecule has 5 nitrogen and oxygen atoms in total. The van der Waals surface area contributed by atoms with Crippen LogP contribution in [-0.4, -0.2) is 23.9 Å². The molecule has 0 heterocycles. The summed E-state index contributed by atoms with van der Waals surface area (Å²) in [5.41, 5.74) is 0.726. The number of nitrogens with one attached hydrogen (secondary N) is 3. The van der Waals surface area contributed by atoms with Crippen LogP contribution < -0.4 is 16.0 Å². The van der Waals surface area contributed by atoms with Crippen molar-refractivity contribution >= 4 is 23.2 Å². The van der Waals surface area contributed by atoms with E-state index < -0.39 is 5.54 Å². The van der Waals surface area contributed by atoms with E-state index in [0.717, 1.165) is 5.69 Å². The zero-order valence-electron chi connectivity index (χ0n) is 13.3. The minimum atomic E-state index is -0.825. The van der Waals surface area contributed by atoms with Gasteiger partial charge in [0, 0.05) is 11.4 Å². The van der Waals surface area contributed by atoms with Crippen LogP contribution in [0.3, 0.4) is 0 Å².